The monoisotopic (exact) mass is 342 g/mol. The predicted octanol–water partition coefficient (Wildman–Crippen LogP) is 2.51. The number of ether oxygens (including phenoxy) is 1. The van der Waals surface area contributed by atoms with Gasteiger partial charge in [0.2, 0.25) is 0 Å². The third-order valence-electron chi connectivity index (χ3n) is 4.40. The number of aromatic amines is 1. The fourth-order valence-electron chi connectivity index (χ4n) is 3.04. The van der Waals surface area contributed by atoms with E-state index >= 15 is 0 Å². The summed E-state index contributed by atoms with van der Waals surface area (Å²) in [6, 6.07) is 7.43. The zero-order valence-corrected chi connectivity index (χ0v) is 14.1. The largest absolute Gasteiger partial charge is 0.368 e. The molecule has 1 N–H and O–H groups in total. The van der Waals surface area contributed by atoms with Gasteiger partial charge in [0.25, 0.3) is 5.56 Å². The Morgan fingerprint density at radius 2 is 2.29 bits per heavy atom. The number of benzene rings is 1. The molecule has 0 radical (unpaired) electrons. The molecule has 124 valence electrons. The second kappa shape index (κ2) is 6.43. The highest BCUT2D eigenvalue weighted by atomic mass is 32.1. The van der Waals surface area contributed by atoms with Crippen molar-refractivity contribution in [3.05, 3.63) is 57.0 Å². The molecule has 0 aliphatic carbocycles. The Morgan fingerprint density at radius 1 is 1.42 bits per heavy atom. The molecule has 1 aromatic carbocycles. The Bertz CT molecular complexity index is 893. The summed E-state index contributed by atoms with van der Waals surface area (Å²) in [5.41, 5.74) is 0.639. The van der Waals surface area contributed by atoms with Gasteiger partial charge in [-0.25, -0.2) is 9.97 Å². The molecule has 2 atom stereocenters. The summed E-state index contributed by atoms with van der Waals surface area (Å²) in [7, 11) is 0. The minimum atomic E-state index is -0.0906. The Balaban J connectivity index is 1.61. The van der Waals surface area contributed by atoms with E-state index < -0.39 is 0 Å². The Labute approximate surface area is 143 Å². The molecule has 3 heterocycles. The summed E-state index contributed by atoms with van der Waals surface area (Å²) in [4.78, 5) is 26.5. The van der Waals surface area contributed by atoms with Gasteiger partial charge in [0.1, 0.15) is 16.9 Å². The van der Waals surface area contributed by atoms with Crippen molar-refractivity contribution in [1.82, 2.24) is 19.9 Å². The maximum atomic E-state index is 12.3. The first kappa shape index (κ1) is 15.4. The molecule has 4 rings (SSSR count). The summed E-state index contributed by atoms with van der Waals surface area (Å²) < 4.78 is 5.85. The number of rotatable bonds is 3. The molecule has 7 heteroatoms. The third kappa shape index (κ3) is 2.86. The first-order chi connectivity index (χ1) is 11.7. The molecule has 1 aliphatic rings. The lowest BCUT2D eigenvalue weighted by atomic mass is 10.2. The number of nitrogens with one attached hydrogen (secondary N) is 1. The number of H-pyrrole nitrogens is 1. The van der Waals surface area contributed by atoms with Crippen LogP contribution in [0.5, 0.6) is 0 Å². The average Bonchev–Trinajstić information content (AvgIpc) is 3.16. The molecule has 24 heavy (non-hydrogen) atoms. The standard InChI is InChI=1S/C17H18N4O2S/c1-11(15-19-13-5-3-2-4-12(13)16(22)20-15)21-7-8-23-14(10-21)17-18-6-9-24-17/h2-6,9,11,14H,7-8,10H2,1H3,(H,19,20,22)/t11-,14-/m0/s1. The van der Waals surface area contributed by atoms with Gasteiger partial charge < -0.3 is 9.72 Å². The molecule has 0 amide bonds. The van der Waals surface area contributed by atoms with E-state index in [4.69, 9.17) is 4.74 Å². The molecule has 1 fully saturated rings. The van der Waals surface area contributed by atoms with Crippen LogP contribution in [-0.2, 0) is 4.74 Å². The number of fused-ring (bicyclic) bond motifs is 1. The molecule has 6 nitrogen and oxygen atoms in total. The lowest BCUT2D eigenvalue weighted by Gasteiger charge is -2.35. The summed E-state index contributed by atoms with van der Waals surface area (Å²) in [5, 5.41) is 3.58. The highest BCUT2D eigenvalue weighted by molar-refractivity contribution is 7.09. The molecule has 1 saturated heterocycles. The van der Waals surface area contributed by atoms with Crippen molar-refractivity contribution in [3.63, 3.8) is 0 Å². The van der Waals surface area contributed by atoms with Crippen LogP contribution in [0.2, 0.25) is 0 Å². The van der Waals surface area contributed by atoms with E-state index in [0.717, 1.165) is 23.6 Å². The van der Waals surface area contributed by atoms with Crippen molar-refractivity contribution in [2.45, 2.75) is 19.1 Å². The molecule has 0 bridgehead atoms. The summed E-state index contributed by atoms with van der Waals surface area (Å²) >= 11 is 1.61. The van der Waals surface area contributed by atoms with Crippen LogP contribution in [0, 0.1) is 0 Å². The Hall–Kier alpha value is -2.09. The van der Waals surface area contributed by atoms with Crippen LogP contribution in [0.25, 0.3) is 10.9 Å². The number of nitrogens with zero attached hydrogens (tertiary/aromatic N) is 3. The van der Waals surface area contributed by atoms with Crippen molar-refractivity contribution < 1.29 is 4.74 Å². The van der Waals surface area contributed by atoms with Gasteiger partial charge in [-0.3, -0.25) is 9.69 Å². The van der Waals surface area contributed by atoms with E-state index in [9.17, 15) is 4.79 Å². The quantitative estimate of drug-likeness (QED) is 0.792. The first-order valence-corrected chi connectivity index (χ1v) is 8.84. The van der Waals surface area contributed by atoms with Crippen LogP contribution in [0.1, 0.15) is 29.9 Å². The summed E-state index contributed by atoms with van der Waals surface area (Å²) in [6.45, 7) is 4.26. The molecule has 0 unspecified atom stereocenters. The lowest BCUT2D eigenvalue weighted by molar-refractivity contribution is -0.0442. The smallest absolute Gasteiger partial charge is 0.258 e. The third-order valence-corrected chi connectivity index (χ3v) is 5.27. The predicted molar refractivity (Wildman–Crippen MR) is 93.2 cm³/mol. The zero-order valence-electron chi connectivity index (χ0n) is 13.3. The molecular weight excluding hydrogens is 324 g/mol. The van der Waals surface area contributed by atoms with Crippen molar-refractivity contribution in [3.8, 4) is 0 Å². The lowest BCUT2D eigenvalue weighted by Crippen LogP contribution is -2.40. The molecule has 1 aliphatic heterocycles. The minimum absolute atomic E-state index is 0.00803. The number of morpholine rings is 1. The number of para-hydroxylation sites is 1. The van der Waals surface area contributed by atoms with Gasteiger partial charge in [-0.05, 0) is 19.1 Å². The van der Waals surface area contributed by atoms with Crippen LogP contribution in [0.3, 0.4) is 0 Å². The molecule has 0 saturated carbocycles. The van der Waals surface area contributed by atoms with E-state index in [1.54, 1.807) is 23.6 Å². The second-order valence-corrected chi connectivity index (χ2v) is 6.80. The molecule has 2 aromatic heterocycles. The van der Waals surface area contributed by atoms with Crippen LogP contribution >= 0.6 is 11.3 Å². The van der Waals surface area contributed by atoms with Gasteiger partial charge in [-0.1, -0.05) is 12.1 Å². The van der Waals surface area contributed by atoms with E-state index in [2.05, 4.69) is 26.8 Å². The van der Waals surface area contributed by atoms with Crippen LogP contribution < -0.4 is 5.56 Å². The molecule has 3 aromatic rings. The van der Waals surface area contributed by atoms with Gasteiger partial charge >= 0.3 is 0 Å². The number of aromatic nitrogens is 3. The maximum absolute atomic E-state index is 12.3. The number of hydrogen-bond acceptors (Lipinski definition) is 6. The van der Waals surface area contributed by atoms with Gasteiger partial charge in [0.15, 0.2) is 0 Å². The van der Waals surface area contributed by atoms with Crippen LogP contribution in [0.15, 0.2) is 40.6 Å². The SMILES string of the molecule is C[C@@H](c1nc2ccccc2c(=O)[nH]1)N1CCO[C@H](c2nccs2)C1. The summed E-state index contributed by atoms with van der Waals surface area (Å²) in [6.07, 6.45) is 1.78. The fourth-order valence-corrected chi connectivity index (χ4v) is 3.72. The van der Waals surface area contributed by atoms with E-state index in [0.29, 0.717) is 17.8 Å². The molecule has 0 spiro atoms. The van der Waals surface area contributed by atoms with Gasteiger partial charge in [0.05, 0.1) is 23.6 Å². The Kier molecular flexibility index (Phi) is 4.13. The highest BCUT2D eigenvalue weighted by Gasteiger charge is 2.28. The first-order valence-electron chi connectivity index (χ1n) is 7.96. The number of hydrogen-bond donors (Lipinski definition) is 1. The van der Waals surface area contributed by atoms with Crippen molar-refractivity contribution in [1.29, 1.82) is 0 Å². The number of thiazole rings is 1. The van der Waals surface area contributed by atoms with E-state index in [-0.39, 0.29) is 17.7 Å². The average molecular weight is 342 g/mol. The maximum Gasteiger partial charge on any atom is 0.258 e. The highest BCUT2D eigenvalue weighted by Crippen LogP contribution is 2.28. The van der Waals surface area contributed by atoms with Crippen LogP contribution in [0.4, 0.5) is 0 Å². The van der Waals surface area contributed by atoms with E-state index in [1.165, 1.54) is 0 Å². The van der Waals surface area contributed by atoms with Crippen molar-refractivity contribution in [2.24, 2.45) is 0 Å². The Morgan fingerprint density at radius 3 is 3.12 bits per heavy atom. The minimum Gasteiger partial charge on any atom is -0.368 e. The zero-order chi connectivity index (χ0) is 16.5. The fraction of sp³-hybridized carbons (Fsp3) is 0.353. The van der Waals surface area contributed by atoms with Gasteiger partial charge in [-0.15, -0.1) is 11.3 Å². The van der Waals surface area contributed by atoms with Crippen molar-refractivity contribution in [2.75, 3.05) is 19.7 Å². The normalized spacial score (nSPS) is 20.3. The van der Waals surface area contributed by atoms with E-state index in [1.807, 2.05) is 23.6 Å². The second-order valence-electron chi connectivity index (χ2n) is 5.87. The topological polar surface area (TPSA) is 71.1 Å². The van der Waals surface area contributed by atoms with Gasteiger partial charge in [0, 0.05) is 24.7 Å². The van der Waals surface area contributed by atoms with Gasteiger partial charge in [-0.2, -0.15) is 0 Å². The van der Waals surface area contributed by atoms with Crippen molar-refractivity contribution >= 4 is 22.2 Å². The van der Waals surface area contributed by atoms with Crippen LogP contribution in [-0.4, -0.2) is 39.5 Å². The molecular formula is C17H18N4O2S. The summed E-state index contributed by atoms with van der Waals surface area (Å²) in [5.74, 6) is 0.693.